The highest BCUT2D eigenvalue weighted by Crippen LogP contribution is 2.41. The van der Waals surface area contributed by atoms with E-state index in [0.29, 0.717) is 0 Å². The Bertz CT molecular complexity index is 1410. The summed E-state index contributed by atoms with van der Waals surface area (Å²) in [5, 5.41) is 19.0. The van der Waals surface area contributed by atoms with Crippen LogP contribution in [0.5, 0.6) is 0 Å². The molecule has 0 spiro atoms. The highest BCUT2D eigenvalue weighted by molar-refractivity contribution is 6.21. The third kappa shape index (κ3) is 2.97. The second-order valence-corrected chi connectivity index (χ2v) is 7.40. The number of hydrogen-bond acceptors (Lipinski definition) is 8. The van der Waals surface area contributed by atoms with Crippen molar-refractivity contribution in [3.63, 3.8) is 0 Å². The SMILES string of the molecule is O=C(O)c1cc2c(c(-c3ccccc3-c3cc(C(=O)O)cc4c3C(=O)OC4=O)c1)C(=O)OC2=O. The monoisotopic (exact) mass is 458 g/mol. The van der Waals surface area contributed by atoms with Crippen molar-refractivity contribution in [1.82, 2.24) is 0 Å². The summed E-state index contributed by atoms with van der Waals surface area (Å²) in [5.74, 6) is -6.72. The van der Waals surface area contributed by atoms with E-state index in [1.165, 1.54) is 24.3 Å². The van der Waals surface area contributed by atoms with Gasteiger partial charge in [0.25, 0.3) is 0 Å². The summed E-state index contributed by atoms with van der Waals surface area (Å²) >= 11 is 0. The number of hydrogen-bond donors (Lipinski definition) is 2. The molecule has 0 bridgehead atoms. The molecule has 3 aromatic rings. The molecule has 0 saturated heterocycles. The van der Waals surface area contributed by atoms with Gasteiger partial charge in [0.15, 0.2) is 0 Å². The molecule has 34 heavy (non-hydrogen) atoms. The molecular formula is C24H10O10. The number of fused-ring (bicyclic) bond motifs is 2. The third-order valence-electron chi connectivity index (χ3n) is 5.50. The number of benzene rings is 3. The first-order chi connectivity index (χ1) is 16.2. The Labute approximate surface area is 189 Å². The second-order valence-electron chi connectivity index (χ2n) is 7.40. The molecule has 5 rings (SSSR count). The molecule has 10 heteroatoms. The van der Waals surface area contributed by atoms with Crippen LogP contribution in [0, 0.1) is 0 Å². The molecule has 0 aliphatic carbocycles. The van der Waals surface area contributed by atoms with Crippen LogP contribution in [-0.4, -0.2) is 46.0 Å². The highest BCUT2D eigenvalue weighted by atomic mass is 16.6. The summed E-state index contributed by atoms with van der Waals surface area (Å²) < 4.78 is 9.33. The number of carboxylic acids is 2. The molecule has 3 aromatic carbocycles. The van der Waals surface area contributed by atoms with E-state index < -0.39 is 35.8 Å². The van der Waals surface area contributed by atoms with Gasteiger partial charge in [-0.3, -0.25) is 0 Å². The van der Waals surface area contributed by atoms with Crippen molar-refractivity contribution in [2.75, 3.05) is 0 Å². The molecule has 0 amide bonds. The number of cyclic esters (lactones) is 4. The van der Waals surface area contributed by atoms with Gasteiger partial charge in [-0.15, -0.1) is 0 Å². The molecule has 10 nitrogen and oxygen atoms in total. The Morgan fingerprint density at radius 1 is 0.529 bits per heavy atom. The molecule has 0 aromatic heterocycles. The van der Waals surface area contributed by atoms with Gasteiger partial charge in [0.2, 0.25) is 0 Å². The van der Waals surface area contributed by atoms with E-state index in [0.717, 1.165) is 12.1 Å². The minimum Gasteiger partial charge on any atom is -0.478 e. The molecule has 2 aliphatic rings. The summed E-state index contributed by atoms with van der Waals surface area (Å²) in [6.07, 6.45) is 0. The van der Waals surface area contributed by atoms with E-state index >= 15 is 0 Å². The summed E-state index contributed by atoms with van der Waals surface area (Å²) in [6, 6.07) is 10.5. The normalized spacial score (nSPS) is 13.9. The molecule has 2 heterocycles. The standard InChI is InChI=1S/C24H10O10/c25-19(26)9-5-13(17-15(7-9)21(29)33-23(17)31)11-3-1-2-4-12(11)14-6-10(20(27)28)8-16-18(14)24(32)34-22(16)30/h1-8H,(H,25,26)(H,27,28). The Hall–Kier alpha value is -5.12. The van der Waals surface area contributed by atoms with Crippen LogP contribution in [-0.2, 0) is 9.47 Å². The maximum atomic E-state index is 12.4. The zero-order valence-corrected chi connectivity index (χ0v) is 16.8. The molecule has 0 saturated carbocycles. The lowest BCUT2D eigenvalue weighted by Gasteiger charge is -2.15. The molecule has 0 unspecified atom stereocenters. The first-order valence-corrected chi connectivity index (χ1v) is 9.63. The van der Waals surface area contributed by atoms with E-state index in [1.807, 2.05) is 0 Å². The van der Waals surface area contributed by atoms with Crippen LogP contribution in [0.1, 0.15) is 62.1 Å². The summed E-state index contributed by atoms with van der Waals surface area (Å²) in [6.45, 7) is 0. The predicted molar refractivity (Wildman–Crippen MR) is 111 cm³/mol. The zero-order valence-electron chi connectivity index (χ0n) is 16.8. The van der Waals surface area contributed by atoms with Crippen molar-refractivity contribution in [3.05, 3.63) is 81.9 Å². The van der Waals surface area contributed by atoms with E-state index in [4.69, 9.17) is 0 Å². The lowest BCUT2D eigenvalue weighted by Crippen LogP contribution is -2.05. The zero-order chi connectivity index (χ0) is 24.3. The van der Waals surface area contributed by atoms with Crippen LogP contribution >= 0.6 is 0 Å². The van der Waals surface area contributed by atoms with E-state index in [9.17, 15) is 39.0 Å². The number of rotatable bonds is 4. The summed E-state index contributed by atoms with van der Waals surface area (Å²) in [4.78, 5) is 72.5. The molecule has 166 valence electrons. The van der Waals surface area contributed by atoms with Crippen molar-refractivity contribution in [3.8, 4) is 22.3 Å². The second kappa shape index (κ2) is 7.20. The van der Waals surface area contributed by atoms with E-state index in [-0.39, 0.29) is 55.6 Å². The number of carbonyl (C=O) groups excluding carboxylic acids is 4. The summed E-state index contributed by atoms with van der Waals surface area (Å²) in [7, 11) is 0. The van der Waals surface area contributed by atoms with Gasteiger partial charge in [-0.1, -0.05) is 24.3 Å². The molecule has 0 atom stereocenters. The van der Waals surface area contributed by atoms with Gasteiger partial charge < -0.3 is 19.7 Å². The van der Waals surface area contributed by atoms with Crippen LogP contribution in [0.2, 0.25) is 0 Å². The van der Waals surface area contributed by atoms with Gasteiger partial charge in [0, 0.05) is 0 Å². The Balaban J connectivity index is 1.86. The molecule has 0 radical (unpaired) electrons. The average molecular weight is 458 g/mol. The van der Waals surface area contributed by atoms with Crippen LogP contribution in [0.4, 0.5) is 0 Å². The van der Waals surface area contributed by atoms with Gasteiger partial charge in [-0.2, -0.15) is 0 Å². The quantitative estimate of drug-likeness (QED) is 0.439. The summed E-state index contributed by atoms with van der Waals surface area (Å²) in [5.41, 5.74) is -0.983. The molecule has 2 aliphatic heterocycles. The van der Waals surface area contributed by atoms with E-state index in [1.54, 1.807) is 12.1 Å². The molecule has 2 N–H and O–H groups in total. The third-order valence-corrected chi connectivity index (χ3v) is 5.50. The minimum atomic E-state index is -1.36. The number of ether oxygens (including phenoxy) is 2. The van der Waals surface area contributed by atoms with E-state index in [2.05, 4.69) is 9.47 Å². The van der Waals surface area contributed by atoms with Crippen molar-refractivity contribution in [2.45, 2.75) is 0 Å². The average Bonchev–Trinajstić information content (AvgIpc) is 3.26. The Morgan fingerprint density at radius 3 is 1.24 bits per heavy atom. The van der Waals surface area contributed by atoms with Crippen molar-refractivity contribution in [1.29, 1.82) is 0 Å². The lowest BCUT2D eigenvalue weighted by molar-refractivity contribution is 0.0426. The topological polar surface area (TPSA) is 161 Å². The highest BCUT2D eigenvalue weighted by Gasteiger charge is 2.37. The Morgan fingerprint density at radius 2 is 0.882 bits per heavy atom. The van der Waals surface area contributed by atoms with Crippen LogP contribution in [0.25, 0.3) is 22.3 Å². The number of carbonyl (C=O) groups is 6. The van der Waals surface area contributed by atoms with Gasteiger partial charge in [0.1, 0.15) is 0 Å². The maximum absolute atomic E-state index is 12.4. The number of carboxylic acid groups (broad SMARTS) is 2. The largest absolute Gasteiger partial charge is 0.478 e. The van der Waals surface area contributed by atoms with Crippen LogP contribution in [0.3, 0.4) is 0 Å². The van der Waals surface area contributed by atoms with Crippen LogP contribution < -0.4 is 0 Å². The smallest absolute Gasteiger partial charge is 0.347 e. The van der Waals surface area contributed by atoms with Gasteiger partial charge in [-0.25, -0.2) is 28.8 Å². The lowest BCUT2D eigenvalue weighted by atomic mass is 9.86. The molecular weight excluding hydrogens is 448 g/mol. The first-order valence-electron chi connectivity index (χ1n) is 9.63. The number of esters is 4. The van der Waals surface area contributed by atoms with Gasteiger partial charge >= 0.3 is 35.8 Å². The van der Waals surface area contributed by atoms with Gasteiger partial charge in [-0.05, 0) is 46.5 Å². The van der Waals surface area contributed by atoms with Crippen molar-refractivity contribution >= 4 is 35.8 Å². The van der Waals surface area contributed by atoms with Crippen molar-refractivity contribution in [2.24, 2.45) is 0 Å². The first kappa shape index (κ1) is 20.8. The fourth-order valence-corrected chi connectivity index (χ4v) is 4.05. The maximum Gasteiger partial charge on any atom is 0.347 e. The fraction of sp³-hybridized carbons (Fsp3) is 0. The minimum absolute atomic E-state index is 0.0218. The van der Waals surface area contributed by atoms with Crippen molar-refractivity contribution < 1.29 is 48.5 Å². The fourth-order valence-electron chi connectivity index (χ4n) is 4.05. The Kier molecular flexibility index (Phi) is 4.40. The molecule has 0 fully saturated rings. The predicted octanol–water partition coefficient (Wildman–Crippen LogP) is 3.04. The van der Waals surface area contributed by atoms with Crippen LogP contribution in [0.15, 0.2) is 48.5 Å². The van der Waals surface area contributed by atoms with Gasteiger partial charge in [0.05, 0.1) is 33.4 Å². The number of aromatic carboxylic acids is 2.